The number of hydrazine groups is 1. The normalized spacial score (nSPS) is 16.9. The first-order valence-corrected chi connectivity index (χ1v) is 5.44. The molecule has 0 aromatic heterocycles. The number of morpholine rings is 1. The van der Waals surface area contributed by atoms with Crippen molar-refractivity contribution in [1.82, 2.24) is 10.4 Å². The van der Waals surface area contributed by atoms with Gasteiger partial charge in [0.1, 0.15) is 0 Å². The van der Waals surface area contributed by atoms with Crippen LogP contribution in [0.2, 0.25) is 0 Å². The summed E-state index contributed by atoms with van der Waals surface area (Å²) in [5.74, 6) is 0. The van der Waals surface area contributed by atoms with Gasteiger partial charge in [-0.2, -0.15) is 5.26 Å². The zero-order valence-corrected chi connectivity index (χ0v) is 9.15. The Balaban J connectivity index is 1.86. The van der Waals surface area contributed by atoms with E-state index in [1.54, 1.807) is 0 Å². The molecule has 2 rings (SSSR count). The number of ether oxygens (including phenoxy) is 1. The highest BCUT2D eigenvalue weighted by Crippen LogP contribution is 2.04. The third-order valence-electron chi connectivity index (χ3n) is 2.57. The summed E-state index contributed by atoms with van der Waals surface area (Å²) in [7, 11) is 0. The van der Waals surface area contributed by atoms with Crippen LogP contribution in [-0.2, 0) is 11.3 Å². The first kappa shape index (κ1) is 11.1. The molecule has 1 aromatic carbocycles. The molecule has 0 bridgehead atoms. The molecule has 84 valence electrons. The molecule has 1 aliphatic rings. The van der Waals surface area contributed by atoms with Gasteiger partial charge in [0.15, 0.2) is 0 Å². The van der Waals surface area contributed by atoms with Crippen LogP contribution in [-0.4, -0.2) is 31.3 Å². The lowest BCUT2D eigenvalue weighted by Gasteiger charge is -2.27. The zero-order valence-electron chi connectivity index (χ0n) is 9.15. The first-order valence-electron chi connectivity index (χ1n) is 5.44. The van der Waals surface area contributed by atoms with Crippen LogP contribution in [0.1, 0.15) is 11.1 Å². The Kier molecular flexibility index (Phi) is 3.89. The standard InChI is InChI=1S/C12H15N3O/c13-9-11-2-1-3-12(8-11)10-14-15-4-6-16-7-5-15/h1-3,8,14H,4-7,10H2. The second kappa shape index (κ2) is 5.61. The monoisotopic (exact) mass is 217 g/mol. The van der Waals surface area contributed by atoms with E-state index in [0.717, 1.165) is 38.4 Å². The molecule has 0 amide bonds. The zero-order chi connectivity index (χ0) is 11.2. The first-order chi connectivity index (χ1) is 7.88. The van der Waals surface area contributed by atoms with Crippen molar-refractivity contribution >= 4 is 0 Å². The molecule has 1 saturated heterocycles. The van der Waals surface area contributed by atoms with Gasteiger partial charge < -0.3 is 4.74 Å². The van der Waals surface area contributed by atoms with Gasteiger partial charge in [-0.25, -0.2) is 5.01 Å². The average molecular weight is 217 g/mol. The Labute approximate surface area is 95.4 Å². The van der Waals surface area contributed by atoms with Gasteiger partial charge in [0.25, 0.3) is 0 Å². The Bertz CT molecular complexity index is 380. The van der Waals surface area contributed by atoms with Crippen molar-refractivity contribution in [2.75, 3.05) is 26.3 Å². The highest BCUT2D eigenvalue weighted by atomic mass is 16.5. The van der Waals surface area contributed by atoms with Crippen molar-refractivity contribution in [2.45, 2.75) is 6.54 Å². The molecular weight excluding hydrogens is 202 g/mol. The summed E-state index contributed by atoms with van der Waals surface area (Å²) in [5, 5.41) is 10.9. The summed E-state index contributed by atoms with van der Waals surface area (Å²) in [4.78, 5) is 0. The molecule has 0 radical (unpaired) electrons. The van der Waals surface area contributed by atoms with E-state index in [0.29, 0.717) is 5.56 Å². The van der Waals surface area contributed by atoms with E-state index in [1.807, 2.05) is 24.3 Å². The fraction of sp³-hybridized carbons (Fsp3) is 0.417. The van der Waals surface area contributed by atoms with Gasteiger partial charge in [-0.1, -0.05) is 12.1 Å². The summed E-state index contributed by atoms with van der Waals surface area (Å²) in [6.45, 7) is 4.15. The molecule has 0 aliphatic carbocycles. The molecule has 1 heterocycles. The molecule has 0 spiro atoms. The van der Waals surface area contributed by atoms with Gasteiger partial charge in [-0.3, -0.25) is 5.43 Å². The smallest absolute Gasteiger partial charge is 0.0991 e. The Morgan fingerprint density at radius 3 is 2.94 bits per heavy atom. The topological polar surface area (TPSA) is 48.3 Å². The molecule has 4 heteroatoms. The van der Waals surface area contributed by atoms with E-state index in [2.05, 4.69) is 16.5 Å². The van der Waals surface area contributed by atoms with Crippen LogP contribution >= 0.6 is 0 Å². The van der Waals surface area contributed by atoms with E-state index in [4.69, 9.17) is 10.00 Å². The summed E-state index contributed by atoms with van der Waals surface area (Å²) in [6.07, 6.45) is 0. The molecule has 1 aromatic rings. The lowest BCUT2D eigenvalue weighted by Crippen LogP contribution is -2.45. The van der Waals surface area contributed by atoms with Crippen LogP contribution < -0.4 is 5.43 Å². The number of hydrogen-bond acceptors (Lipinski definition) is 4. The number of nitrogens with zero attached hydrogens (tertiary/aromatic N) is 2. The fourth-order valence-corrected chi connectivity index (χ4v) is 1.68. The molecule has 1 N–H and O–H groups in total. The summed E-state index contributed by atoms with van der Waals surface area (Å²) >= 11 is 0. The number of benzene rings is 1. The van der Waals surface area contributed by atoms with Crippen LogP contribution in [0.4, 0.5) is 0 Å². The third kappa shape index (κ3) is 3.04. The van der Waals surface area contributed by atoms with Crippen LogP contribution in [0.15, 0.2) is 24.3 Å². The summed E-state index contributed by atoms with van der Waals surface area (Å²) < 4.78 is 5.26. The van der Waals surface area contributed by atoms with Crippen molar-refractivity contribution < 1.29 is 4.74 Å². The van der Waals surface area contributed by atoms with Crippen molar-refractivity contribution in [3.8, 4) is 6.07 Å². The number of rotatable bonds is 3. The van der Waals surface area contributed by atoms with E-state index < -0.39 is 0 Å². The van der Waals surface area contributed by atoms with Crippen molar-refractivity contribution in [1.29, 1.82) is 5.26 Å². The quantitative estimate of drug-likeness (QED) is 0.817. The van der Waals surface area contributed by atoms with Crippen LogP contribution in [0.3, 0.4) is 0 Å². The Hall–Kier alpha value is -1.41. The minimum absolute atomic E-state index is 0.710. The van der Waals surface area contributed by atoms with Gasteiger partial charge in [0.05, 0.1) is 24.8 Å². The molecule has 0 atom stereocenters. The maximum Gasteiger partial charge on any atom is 0.0991 e. The van der Waals surface area contributed by atoms with Crippen molar-refractivity contribution in [3.05, 3.63) is 35.4 Å². The van der Waals surface area contributed by atoms with Crippen molar-refractivity contribution in [2.24, 2.45) is 0 Å². The second-order valence-electron chi connectivity index (χ2n) is 3.75. The minimum atomic E-state index is 0.710. The molecule has 4 nitrogen and oxygen atoms in total. The number of hydrogen-bond donors (Lipinski definition) is 1. The summed E-state index contributed by atoms with van der Waals surface area (Å²) in [5.41, 5.74) is 5.17. The minimum Gasteiger partial charge on any atom is -0.379 e. The van der Waals surface area contributed by atoms with E-state index in [9.17, 15) is 0 Å². The van der Waals surface area contributed by atoms with Gasteiger partial charge in [0.2, 0.25) is 0 Å². The summed E-state index contributed by atoms with van der Waals surface area (Å²) in [6, 6.07) is 9.81. The highest BCUT2D eigenvalue weighted by Gasteiger charge is 2.09. The molecular formula is C12H15N3O. The van der Waals surface area contributed by atoms with Crippen LogP contribution in [0, 0.1) is 11.3 Å². The molecule has 0 saturated carbocycles. The maximum atomic E-state index is 8.78. The van der Waals surface area contributed by atoms with E-state index in [-0.39, 0.29) is 0 Å². The largest absolute Gasteiger partial charge is 0.379 e. The highest BCUT2D eigenvalue weighted by molar-refractivity contribution is 5.32. The average Bonchev–Trinajstić information content (AvgIpc) is 2.38. The van der Waals surface area contributed by atoms with Crippen LogP contribution in [0.25, 0.3) is 0 Å². The van der Waals surface area contributed by atoms with Crippen molar-refractivity contribution in [3.63, 3.8) is 0 Å². The third-order valence-corrected chi connectivity index (χ3v) is 2.57. The van der Waals surface area contributed by atoms with Gasteiger partial charge in [0, 0.05) is 19.6 Å². The lowest BCUT2D eigenvalue weighted by molar-refractivity contribution is 0.0106. The Morgan fingerprint density at radius 1 is 1.38 bits per heavy atom. The van der Waals surface area contributed by atoms with E-state index >= 15 is 0 Å². The molecule has 1 fully saturated rings. The number of nitriles is 1. The molecule has 16 heavy (non-hydrogen) atoms. The second-order valence-corrected chi connectivity index (χ2v) is 3.75. The molecule has 1 aliphatic heterocycles. The number of nitrogens with one attached hydrogen (secondary N) is 1. The Morgan fingerprint density at radius 2 is 2.19 bits per heavy atom. The lowest BCUT2D eigenvalue weighted by atomic mass is 10.1. The molecule has 0 unspecified atom stereocenters. The van der Waals surface area contributed by atoms with Gasteiger partial charge in [-0.05, 0) is 17.7 Å². The van der Waals surface area contributed by atoms with E-state index in [1.165, 1.54) is 0 Å². The van der Waals surface area contributed by atoms with Crippen LogP contribution in [0.5, 0.6) is 0 Å². The fourth-order valence-electron chi connectivity index (χ4n) is 1.68. The predicted molar refractivity (Wildman–Crippen MR) is 60.4 cm³/mol. The maximum absolute atomic E-state index is 8.78. The van der Waals surface area contributed by atoms with Gasteiger partial charge >= 0.3 is 0 Å². The SMILES string of the molecule is N#Cc1cccc(CNN2CCOCC2)c1. The predicted octanol–water partition coefficient (Wildman–Crippen LogP) is 0.895. The van der Waals surface area contributed by atoms with Gasteiger partial charge in [-0.15, -0.1) is 0 Å².